The summed E-state index contributed by atoms with van der Waals surface area (Å²) < 4.78 is 0. The van der Waals surface area contributed by atoms with E-state index in [-0.39, 0.29) is 5.78 Å². The molecule has 0 saturated carbocycles. The molecule has 0 spiro atoms. The standard InChI is InChI=1S/C14H20O/c1-11(2)5-4-6-13-7-9-14(10-8-13)12(3)15/h5,7,9H,4,6,8,10H2,1-3H3. The Morgan fingerprint density at radius 2 is 2.00 bits per heavy atom. The normalized spacial score (nSPS) is 15.4. The van der Waals surface area contributed by atoms with Crippen LogP contribution in [0.15, 0.2) is 34.9 Å². The highest BCUT2D eigenvalue weighted by atomic mass is 16.1. The Hall–Kier alpha value is -1.11. The lowest BCUT2D eigenvalue weighted by Gasteiger charge is -2.12. The fourth-order valence-electron chi connectivity index (χ4n) is 1.73. The van der Waals surface area contributed by atoms with Crippen LogP contribution < -0.4 is 0 Å². The average molecular weight is 204 g/mol. The van der Waals surface area contributed by atoms with Crippen molar-refractivity contribution in [2.24, 2.45) is 0 Å². The van der Waals surface area contributed by atoms with E-state index in [2.05, 4.69) is 26.0 Å². The SMILES string of the molecule is CC(=O)C1=CC=C(CCC=C(C)C)CC1. The molecular formula is C14H20O. The van der Waals surface area contributed by atoms with Gasteiger partial charge in [-0.3, -0.25) is 4.79 Å². The molecule has 0 atom stereocenters. The van der Waals surface area contributed by atoms with Crippen LogP contribution in [0.4, 0.5) is 0 Å². The van der Waals surface area contributed by atoms with Crippen molar-refractivity contribution in [3.8, 4) is 0 Å². The summed E-state index contributed by atoms with van der Waals surface area (Å²) >= 11 is 0. The summed E-state index contributed by atoms with van der Waals surface area (Å²) in [5.41, 5.74) is 3.82. The van der Waals surface area contributed by atoms with Crippen molar-refractivity contribution in [1.82, 2.24) is 0 Å². The molecule has 0 aromatic rings. The van der Waals surface area contributed by atoms with E-state index in [1.54, 1.807) is 6.92 Å². The summed E-state index contributed by atoms with van der Waals surface area (Å²) in [5, 5.41) is 0. The van der Waals surface area contributed by atoms with Crippen molar-refractivity contribution in [3.05, 3.63) is 34.9 Å². The third-order valence-corrected chi connectivity index (χ3v) is 2.71. The second-order valence-electron chi connectivity index (χ2n) is 4.39. The highest BCUT2D eigenvalue weighted by Gasteiger charge is 2.08. The maximum Gasteiger partial charge on any atom is 0.155 e. The number of hydrogen-bond donors (Lipinski definition) is 0. The molecule has 0 heterocycles. The number of hydrogen-bond acceptors (Lipinski definition) is 1. The van der Waals surface area contributed by atoms with Gasteiger partial charge in [0.2, 0.25) is 0 Å². The highest BCUT2D eigenvalue weighted by Crippen LogP contribution is 2.22. The van der Waals surface area contributed by atoms with Gasteiger partial charge in [-0.25, -0.2) is 0 Å². The minimum absolute atomic E-state index is 0.217. The van der Waals surface area contributed by atoms with Crippen molar-refractivity contribution in [2.75, 3.05) is 0 Å². The quantitative estimate of drug-likeness (QED) is 0.633. The third-order valence-electron chi connectivity index (χ3n) is 2.71. The summed E-state index contributed by atoms with van der Waals surface area (Å²) in [6.45, 7) is 5.90. The summed E-state index contributed by atoms with van der Waals surface area (Å²) in [6, 6.07) is 0. The first-order valence-corrected chi connectivity index (χ1v) is 5.62. The third kappa shape index (κ3) is 4.28. The molecule has 1 aliphatic rings. The van der Waals surface area contributed by atoms with Gasteiger partial charge >= 0.3 is 0 Å². The van der Waals surface area contributed by atoms with Crippen LogP contribution in [0.5, 0.6) is 0 Å². The van der Waals surface area contributed by atoms with E-state index >= 15 is 0 Å². The number of carbonyl (C=O) groups excluding carboxylic acids is 1. The number of Topliss-reactive ketones (excluding diaryl/α,β-unsaturated/α-hetero) is 1. The molecule has 1 aliphatic carbocycles. The van der Waals surface area contributed by atoms with Gasteiger partial charge in [-0.15, -0.1) is 0 Å². The van der Waals surface area contributed by atoms with Gasteiger partial charge in [0.05, 0.1) is 0 Å². The molecular weight excluding hydrogens is 184 g/mol. The van der Waals surface area contributed by atoms with Gasteiger partial charge in [0.25, 0.3) is 0 Å². The zero-order chi connectivity index (χ0) is 11.3. The molecule has 0 amide bonds. The van der Waals surface area contributed by atoms with E-state index in [1.807, 2.05) is 6.08 Å². The van der Waals surface area contributed by atoms with Crippen LogP contribution in [0.3, 0.4) is 0 Å². The molecule has 0 N–H and O–H groups in total. The molecule has 0 bridgehead atoms. The minimum atomic E-state index is 0.217. The maximum absolute atomic E-state index is 11.1. The van der Waals surface area contributed by atoms with Gasteiger partial charge in [0.1, 0.15) is 0 Å². The van der Waals surface area contributed by atoms with Crippen LogP contribution >= 0.6 is 0 Å². The van der Waals surface area contributed by atoms with Crippen molar-refractivity contribution >= 4 is 5.78 Å². The smallest absolute Gasteiger partial charge is 0.155 e. The predicted octanol–water partition coefficient (Wildman–Crippen LogP) is 3.97. The average Bonchev–Trinajstić information content (AvgIpc) is 2.18. The van der Waals surface area contributed by atoms with Crippen LogP contribution in [-0.2, 0) is 4.79 Å². The van der Waals surface area contributed by atoms with Gasteiger partial charge in [0.15, 0.2) is 5.78 Å². The highest BCUT2D eigenvalue weighted by molar-refractivity contribution is 5.93. The predicted molar refractivity (Wildman–Crippen MR) is 64.7 cm³/mol. The topological polar surface area (TPSA) is 17.1 Å². The maximum atomic E-state index is 11.1. The molecule has 0 fully saturated rings. The Morgan fingerprint density at radius 3 is 2.47 bits per heavy atom. The van der Waals surface area contributed by atoms with E-state index < -0.39 is 0 Å². The first-order valence-electron chi connectivity index (χ1n) is 5.62. The molecule has 0 unspecified atom stereocenters. The first kappa shape index (κ1) is 12.0. The Balaban J connectivity index is 2.46. The molecule has 0 radical (unpaired) electrons. The van der Waals surface area contributed by atoms with Crippen molar-refractivity contribution < 1.29 is 4.79 Å². The van der Waals surface area contributed by atoms with Crippen LogP contribution in [0.25, 0.3) is 0 Å². The van der Waals surface area contributed by atoms with E-state index in [4.69, 9.17) is 0 Å². The molecule has 1 nitrogen and oxygen atoms in total. The minimum Gasteiger partial charge on any atom is -0.295 e. The summed E-state index contributed by atoms with van der Waals surface area (Å²) in [7, 11) is 0. The van der Waals surface area contributed by atoms with E-state index in [0.717, 1.165) is 31.3 Å². The van der Waals surface area contributed by atoms with E-state index in [1.165, 1.54) is 11.1 Å². The van der Waals surface area contributed by atoms with Crippen LogP contribution in [0.1, 0.15) is 46.5 Å². The Labute approximate surface area is 92.6 Å². The molecule has 0 saturated heterocycles. The lowest BCUT2D eigenvalue weighted by atomic mass is 9.93. The number of carbonyl (C=O) groups is 1. The molecule has 1 rings (SSSR count). The Morgan fingerprint density at radius 1 is 1.27 bits per heavy atom. The van der Waals surface area contributed by atoms with Gasteiger partial charge < -0.3 is 0 Å². The van der Waals surface area contributed by atoms with Crippen LogP contribution in [-0.4, -0.2) is 5.78 Å². The van der Waals surface area contributed by atoms with Crippen LogP contribution in [0.2, 0.25) is 0 Å². The molecule has 82 valence electrons. The second kappa shape index (κ2) is 5.69. The van der Waals surface area contributed by atoms with E-state index in [0.29, 0.717) is 0 Å². The largest absolute Gasteiger partial charge is 0.295 e. The fourth-order valence-corrected chi connectivity index (χ4v) is 1.73. The second-order valence-corrected chi connectivity index (χ2v) is 4.39. The zero-order valence-electron chi connectivity index (χ0n) is 9.97. The molecule has 1 heteroatoms. The fraction of sp³-hybridized carbons (Fsp3) is 0.500. The van der Waals surface area contributed by atoms with E-state index in [9.17, 15) is 4.79 Å². The van der Waals surface area contributed by atoms with Gasteiger partial charge in [-0.05, 0) is 52.0 Å². The molecule has 0 aliphatic heterocycles. The van der Waals surface area contributed by atoms with Gasteiger partial charge in [-0.1, -0.05) is 29.4 Å². The molecule has 0 aromatic carbocycles. The summed E-state index contributed by atoms with van der Waals surface area (Å²) in [6.07, 6.45) is 10.6. The van der Waals surface area contributed by atoms with Gasteiger partial charge in [0, 0.05) is 0 Å². The lowest BCUT2D eigenvalue weighted by molar-refractivity contribution is -0.113. The van der Waals surface area contributed by atoms with Crippen molar-refractivity contribution in [1.29, 1.82) is 0 Å². The lowest BCUT2D eigenvalue weighted by Crippen LogP contribution is -2.01. The summed E-state index contributed by atoms with van der Waals surface area (Å²) in [5.74, 6) is 0.217. The van der Waals surface area contributed by atoms with Crippen molar-refractivity contribution in [2.45, 2.75) is 46.5 Å². The number of allylic oxidation sites excluding steroid dienone is 6. The Kier molecular flexibility index (Phi) is 4.54. The summed E-state index contributed by atoms with van der Waals surface area (Å²) in [4.78, 5) is 11.1. The molecule has 15 heavy (non-hydrogen) atoms. The zero-order valence-corrected chi connectivity index (χ0v) is 9.97. The Bertz CT molecular complexity index is 325. The monoisotopic (exact) mass is 204 g/mol. The number of ketones is 1. The van der Waals surface area contributed by atoms with Crippen molar-refractivity contribution in [3.63, 3.8) is 0 Å². The van der Waals surface area contributed by atoms with Gasteiger partial charge in [-0.2, -0.15) is 0 Å². The number of rotatable bonds is 4. The first-order chi connectivity index (χ1) is 7.09. The van der Waals surface area contributed by atoms with Crippen LogP contribution in [0, 0.1) is 0 Å². The molecule has 0 aromatic heterocycles.